The van der Waals surface area contributed by atoms with E-state index in [2.05, 4.69) is 10.6 Å². The van der Waals surface area contributed by atoms with E-state index in [0.717, 1.165) is 5.56 Å². The zero-order chi connectivity index (χ0) is 20.0. The second-order valence-corrected chi connectivity index (χ2v) is 6.01. The van der Waals surface area contributed by atoms with Crippen LogP contribution in [0.2, 0.25) is 0 Å². The van der Waals surface area contributed by atoms with E-state index in [9.17, 15) is 14.9 Å². The number of amides is 1. The zero-order valence-corrected chi connectivity index (χ0v) is 15.7. The highest BCUT2D eigenvalue weighted by Crippen LogP contribution is 2.29. The van der Waals surface area contributed by atoms with Gasteiger partial charge in [-0.15, -0.1) is 0 Å². The van der Waals surface area contributed by atoms with Crippen molar-refractivity contribution in [2.75, 3.05) is 19.5 Å². The minimum absolute atomic E-state index is 0.0807. The number of nitro groups is 1. The molecule has 0 aliphatic rings. The lowest BCUT2D eigenvalue weighted by Gasteiger charge is -2.22. The number of hydrogen-bond donors (Lipinski definition) is 2. The molecule has 2 aromatic rings. The Kier molecular flexibility index (Phi) is 6.73. The van der Waals surface area contributed by atoms with Gasteiger partial charge in [0, 0.05) is 29.4 Å². The molecule has 0 radical (unpaired) electrons. The van der Waals surface area contributed by atoms with Crippen LogP contribution >= 0.6 is 0 Å². The van der Waals surface area contributed by atoms with Gasteiger partial charge in [-0.2, -0.15) is 0 Å². The smallest absolute Gasteiger partial charge is 0.271 e. The summed E-state index contributed by atoms with van der Waals surface area (Å²) < 4.78 is 10.6. The minimum Gasteiger partial charge on any atom is -0.497 e. The summed E-state index contributed by atoms with van der Waals surface area (Å²) in [7, 11) is 3.16. The number of ether oxygens (including phenoxy) is 2. The number of benzene rings is 2. The van der Waals surface area contributed by atoms with Gasteiger partial charge in [0.2, 0.25) is 5.91 Å². The Morgan fingerprint density at radius 1 is 1.11 bits per heavy atom. The average molecular weight is 373 g/mol. The molecule has 0 aliphatic heterocycles. The number of nitrogens with zero attached hydrogens (tertiary/aromatic N) is 1. The van der Waals surface area contributed by atoms with E-state index < -0.39 is 11.0 Å². The van der Waals surface area contributed by atoms with Gasteiger partial charge >= 0.3 is 0 Å². The van der Waals surface area contributed by atoms with Gasteiger partial charge in [-0.25, -0.2) is 0 Å². The number of rotatable bonds is 8. The molecular formula is C19H23N3O5. The summed E-state index contributed by atoms with van der Waals surface area (Å²) in [5, 5.41) is 16.7. The molecule has 0 saturated carbocycles. The first-order chi connectivity index (χ1) is 12.8. The molecule has 144 valence electrons. The first-order valence-electron chi connectivity index (χ1n) is 8.39. The number of anilines is 1. The van der Waals surface area contributed by atoms with E-state index in [1.807, 2.05) is 13.0 Å². The lowest BCUT2D eigenvalue weighted by molar-refractivity contribution is -0.384. The molecule has 0 aliphatic carbocycles. The number of methoxy groups -OCH3 is 2. The molecule has 2 atom stereocenters. The third kappa shape index (κ3) is 5.18. The van der Waals surface area contributed by atoms with Crippen LogP contribution in [0.4, 0.5) is 11.4 Å². The highest BCUT2D eigenvalue weighted by atomic mass is 16.6. The van der Waals surface area contributed by atoms with Crippen LogP contribution in [0.15, 0.2) is 42.5 Å². The monoisotopic (exact) mass is 373 g/mol. The molecule has 8 nitrogen and oxygen atoms in total. The first kappa shape index (κ1) is 20.2. The van der Waals surface area contributed by atoms with Crippen molar-refractivity contribution in [3.8, 4) is 11.5 Å². The fraction of sp³-hybridized carbons (Fsp3) is 0.316. The first-order valence-corrected chi connectivity index (χ1v) is 8.39. The summed E-state index contributed by atoms with van der Waals surface area (Å²) in [4.78, 5) is 22.8. The van der Waals surface area contributed by atoms with Crippen LogP contribution in [0, 0.1) is 10.1 Å². The van der Waals surface area contributed by atoms with Gasteiger partial charge in [0.25, 0.3) is 5.69 Å². The van der Waals surface area contributed by atoms with E-state index in [1.54, 1.807) is 39.3 Å². The van der Waals surface area contributed by atoms with Crippen LogP contribution in [-0.4, -0.2) is 31.1 Å². The number of nitro benzene ring substituents is 1. The Morgan fingerprint density at radius 3 is 2.48 bits per heavy atom. The van der Waals surface area contributed by atoms with Gasteiger partial charge in [0.05, 0.1) is 25.2 Å². The van der Waals surface area contributed by atoms with Crippen molar-refractivity contribution >= 4 is 17.3 Å². The van der Waals surface area contributed by atoms with E-state index in [0.29, 0.717) is 17.2 Å². The third-order valence-electron chi connectivity index (χ3n) is 4.12. The Balaban J connectivity index is 2.07. The number of hydrogen-bond acceptors (Lipinski definition) is 6. The Bertz CT molecular complexity index is 825. The zero-order valence-electron chi connectivity index (χ0n) is 15.7. The predicted octanol–water partition coefficient (Wildman–Crippen LogP) is 3.29. The van der Waals surface area contributed by atoms with Crippen molar-refractivity contribution in [2.45, 2.75) is 25.9 Å². The molecule has 1 amide bonds. The molecule has 2 unspecified atom stereocenters. The molecule has 0 saturated heterocycles. The number of non-ortho nitro benzene ring substituents is 1. The maximum atomic E-state index is 12.4. The van der Waals surface area contributed by atoms with Crippen LogP contribution in [0.1, 0.15) is 25.5 Å². The van der Waals surface area contributed by atoms with Crippen LogP contribution in [0.25, 0.3) is 0 Å². The van der Waals surface area contributed by atoms with Gasteiger partial charge in [0.1, 0.15) is 11.5 Å². The molecule has 0 aromatic heterocycles. The summed E-state index contributed by atoms with van der Waals surface area (Å²) in [6, 6.07) is 10.5. The summed E-state index contributed by atoms with van der Waals surface area (Å²) >= 11 is 0. The highest BCUT2D eigenvalue weighted by molar-refractivity contribution is 5.94. The van der Waals surface area contributed by atoms with Gasteiger partial charge in [-0.3, -0.25) is 20.2 Å². The van der Waals surface area contributed by atoms with Crippen molar-refractivity contribution in [1.29, 1.82) is 0 Å². The molecule has 2 rings (SSSR count). The molecule has 0 heterocycles. The molecule has 8 heteroatoms. The fourth-order valence-corrected chi connectivity index (χ4v) is 2.67. The third-order valence-corrected chi connectivity index (χ3v) is 4.12. The van der Waals surface area contributed by atoms with Crippen molar-refractivity contribution in [2.24, 2.45) is 0 Å². The normalized spacial score (nSPS) is 12.7. The molecular weight excluding hydrogens is 350 g/mol. The van der Waals surface area contributed by atoms with Crippen LogP contribution in [0.5, 0.6) is 11.5 Å². The van der Waals surface area contributed by atoms with Crippen molar-refractivity contribution in [1.82, 2.24) is 5.32 Å². The quantitative estimate of drug-likeness (QED) is 0.544. The van der Waals surface area contributed by atoms with Crippen molar-refractivity contribution in [3.63, 3.8) is 0 Å². The highest BCUT2D eigenvalue weighted by Gasteiger charge is 2.20. The Labute approximate surface area is 157 Å². The number of carbonyl (C=O) groups is 1. The van der Waals surface area contributed by atoms with Gasteiger partial charge in [0.15, 0.2) is 0 Å². The van der Waals surface area contributed by atoms with Gasteiger partial charge in [-0.1, -0.05) is 6.07 Å². The summed E-state index contributed by atoms with van der Waals surface area (Å²) in [6.45, 7) is 3.63. The summed E-state index contributed by atoms with van der Waals surface area (Å²) in [5.74, 6) is 1.07. The van der Waals surface area contributed by atoms with Crippen molar-refractivity contribution in [3.05, 3.63) is 58.1 Å². The van der Waals surface area contributed by atoms with E-state index in [4.69, 9.17) is 9.47 Å². The molecule has 2 aromatic carbocycles. The van der Waals surface area contributed by atoms with E-state index >= 15 is 0 Å². The Hall–Kier alpha value is -3.13. The van der Waals surface area contributed by atoms with Crippen LogP contribution < -0.4 is 20.1 Å². The second-order valence-electron chi connectivity index (χ2n) is 6.01. The lowest BCUT2D eigenvalue weighted by Crippen LogP contribution is -2.39. The number of nitrogens with one attached hydrogen (secondary N) is 2. The average Bonchev–Trinajstić information content (AvgIpc) is 2.67. The maximum Gasteiger partial charge on any atom is 0.271 e. The van der Waals surface area contributed by atoms with Gasteiger partial charge in [-0.05, 0) is 38.1 Å². The standard InChI is InChI=1S/C19H23N3O5/c1-12(17-11-16(26-3)8-9-18(17)27-4)20-13(2)19(23)21-14-6-5-7-15(10-14)22(24)25/h5-13,20H,1-4H3,(H,21,23). The maximum absolute atomic E-state index is 12.4. The second kappa shape index (κ2) is 9.00. The predicted molar refractivity (Wildman–Crippen MR) is 102 cm³/mol. The molecule has 0 bridgehead atoms. The fourth-order valence-electron chi connectivity index (χ4n) is 2.67. The molecule has 2 N–H and O–H groups in total. The molecule has 0 spiro atoms. The van der Waals surface area contributed by atoms with E-state index in [-0.39, 0.29) is 17.6 Å². The lowest BCUT2D eigenvalue weighted by atomic mass is 10.1. The van der Waals surface area contributed by atoms with E-state index in [1.165, 1.54) is 18.2 Å². The topological polar surface area (TPSA) is 103 Å². The minimum atomic E-state index is -0.546. The molecule has 27 heavy (non-hydrogen) atoms. The number of carbonyl (C=O) groups excluding carboxylic acids is 1. The van der Waals surface area contributed by atoms with Crippen LogP contribution in [0.3, 0.4) is 0 Å². The Morgan fingerprint density at radius 2 is 1.85 bits per heavy atom. The van der Waals surface area contributed by atoms with Crippen molar-refractivity contribution < 1.29 is 19.2 Å². The SMILES string of the molecule is COc1ccc(OC)c(C(C)NC(C)C(=O)Nc2cccc([N+](=O)[O-])c2)c1. The molecule has 0 fully saturated rings. The van der Waals surface area contributed by atoms with Gasteiger partial charge < -0.3 is 14.8 Å². The summed E-state index contributed by atoms with van der Waals surface area (Å²) in [5.41, 5.74) is 1.14. The summed E-state index contributed by atoms with van der Waals surface area (Å²) in [6.07, 6.45) is 0. The largest absolute Gasteiger partial charge is 0.497 e. The van der Waals surface area contributed by atoms with Crippen LogP contribution in [-0.2, 0) is 4.79 Å².